The Morgan fingerprint density at radius 3 is 1.30 bits per heavy atom. The lowest BCUT2D eigenvalue weighted by Gasteiger charge is -2.47. The van der Waals surface area contributed by atoms with E-state index in [0.29, 0.717) is 0 Å². The summed E-state index contributed by atoms with van der Waals surface area (Å²) in [5.41, 5.74) is 0. The van der Waals surface area contributed by atoms with E-state index in [4.69, 9.17) is 20.6 Å². The van der Waals surface area contributed by atoms with Crippen LogP contribution in [0.4, 0.5) is 0 Å². The van der Waals surface area contributed by atoms with Crippen molar-refractivity contribution in [1.29, 1.82) is 0 Å². The molecule has 0 aliphatic carbocycles. The maximum Gasteiger partial charge on any atom is 0.508 e. The number of hydrogen-bond acceptors (Lipinski definition) is 6. The molecule has 192 valence electrons. The molecule has 1 rings (SSSR count). The van der Waals surface area contributed by atoms with E-state index >= 15 is 0 Å². The largest absolute Gasteiger partial charge is 0.508 e. The first-order valence-electron chi connectivity index (χ1n) is 11.9. The fraction of sp³-hybridized carbons (Fsp3) is 0.714. The van der Waals surface area contributed by atoms with Crippen LogP contribution >= 0.6 is 12.6 Å². The zero-order valence-corrected chi connectivity index (χ0v) is 29.9. The molecule has 0 saturated heterocycles. The van der Waals surface area contributed by atoms with Gasteiger partial charge in [0.15, 0.2) is 33.3 Å². The molecule has 0 bridgehead atoms. The fourth-order valence-corrected chi connectivity index (χ4v) is 26.4. The molecular weight excluding hydrogens is 533 g/mol. The van der Waals surface area contributed by atoms with Gasteiger partial charge in [0.1, 0.15) is 0 Å². The number of benzene rings is 1. The minimum absolute atomic E-state index is 0.719. The molecule has 0 amide bonds. The molecule has 0 unspecified atom stereocenters. The van der Waals surface area contributed by atoms with Gasteiger partial charge >= 0.3 is 17.6 Å². The predicted octanol–water partition coefficient (Wildman–Crippen LogP) is 6.51. The number of hydrogen-bond donors (Lipinski definition) is 1. The predicted molar refractivity (Wildman–Crippen MR) is 160 cm³/mol. The third kappa shape index (κ3) is 12.5. The van der Waals surface area contributed by atoms with Gasteiger partial charge in [0.2, 0.25) is 0 Å². The summed E-state index contributed by atoms with van der Waals surface area (Å²) in [5.74, 6) is 0.756. The molecule has 0 radical (unpaired) electrons. The molecule has 1 aromatic carbocycles. The molecule has 0 spiro atoms. The third-order valence-corrected chi connectivity index (χ3v) is 22.9. The van der Waals surface area contributed by atoms with E-state index in [1.54, 1.807) is 0 Å². The van der Waals surface area contributed by atoms with Gasteiger partial charge in [-0.3, -0.25) is 0 Å². The van der Waals surface area contributed by atoms with Crippen LogP contribution in [0.15, 0.2) is 30.3 Å². The number of thiol groups is 1. The standard InChI is InChI=1S/C21H48O5SSi6/c1-28(2,3)22-32(20-16-19-27,23-29(4,5)6)26-33(24-30(7,8)9,25-31(10,11)12)21-17-14-13-15-18-21/h13-15,17-18,27H,16,19-20H2,1-12H3. The second-order valence-electron chi connectivity index (χ2n) is 12.4. The maximum absolute atomic E-state index is 7.31. The van der Waals surface area contributed by atoms with Gasteiger partial charge in [0, 0.05) is 11.2 Å². The molecule has 0 aliphatic heterocycles. The van der Waals surface area contributed by atoms with Crippen molar-refractivity contribution in [1.82, 2.24) is 0 Å². The Hall–Kier alpha value is 0.671. The third-order valence-electron chi connectivity index (χ3n) is 3.86. The molecular formula is C21H48O5SSi6. The Morgan fingerprint density at radius 1 is 0.576 bits per heavy atom. The molecule has 0 aromatic heterocycles. The highest BCUT2D eigenvalue weighted by Gasteiger charge is 2.59. The van der Waals surface area contributed by atoms with Gasteiger partial charge in [0.05, 0.1) is 0 Å². The van der Waals surface area contributed by atoms with Crippen molar-refractivity contribution in [2.75, 3.05) is 5.75 Å². The van der Waals surface area contributed by atoms with Gasteiger partial charge in [-0.1, -0.05) is 30.3 Å². The van der Waals surface area contributed by atoms with Crippen molar-refractivity contribution in [3.8, 4) is 0 Å². The van der Waals surface area contributed by atoms with E-state index in [2.05, 4.69) is 103 Å². The molecule has 0 N–H and O–H groups in total. The molecule has 0 fully saturated rings. The van der Waals surface area contributed by atoms with Crippen LogP contribution in [0.5, 0.6) is 0 Å². The molecule has 5 nitrogen and oxygen atoms in total. The smallest absolute Gasteiger partial charge is 0.417 e. The monoisotopic (exact) mass is 580 g/mol. The Bertz CT molecular complexity index is 694. The van der Waals surface area contributed by atoms with Crippen LogP contribution in [0, 0.1) is 0 Å². The van der Waals surface area contributed by atoms with Crippen molar-refractivity contribution >= 4 is 68.7 Å². The number of rotatable bonds is 14. The van der Waals surface area contributed by atoms with Gasteiger partial charge in [-0.2, -0.15) is 12.6 Å². The van der Waals surface area contributed by atoms with Crippen molar-refractivity contribution in [3.05, 3.63) is 30.3 Å². The van der Waals surface area contributed by atoms with Crippen molar-refractivity contribution in [2.45, 2.75) is 91.0 Å². The summed E-state index contributed by atoms with van der Waals surface area (Å²) in [4.78, 5) is 0. The van der Waals surface area contributed by atoms with Crippen LogP contribution in [0.2, 0.25) is 84.6 Å². The van der Waals surface area contributed by atoms with Crippen molar-refractivity contribution < 1.29 is 20.6 Å². The normalized spacial score (nSPS) is 14.6. The van der Waals surface area contributed by atoms with E-state index in [1.807, 2.05) is 18.2 Å². The molecule has 1 aromatic rings. The van der Waals surface area contributed by atoms with Crippen LogP contribution in [-0.2, 0) is 20.6 Å². The van der Waals surface area contributed by atoms with E-state index < -0.39 is 50.9 Å². The highest BCUT2D eigenvalue weighted by Crippen LogP contribution is 2.33. The summed E-state index contributed by atoms with van der Waals surface area (Å²) in [6, 6.07) is 11.0. The minimum atomic E-state index is -3.37. The zero-order valence-electron chi connectivity index (χ0n) is 23.0. The lowest BCUT2D eigenvalue weighted by molar-refractivity contribution is 0.184. The van der Waals surface area contributed by atoms with Gasteiger partial charge in [-0.05, 0) is 90.7 Å². The molecule has 33 heavy (non-hydrogen) atoms. The van der Waals surface area contributed by atoms with Gasteiger partial charge in [-0.15, -0.1) is 0 Å². The van der Waals surface area contributed by atoms with Gasteiger partial charge in [-0.25, -0.2) is 0 Å². The average Bonchev–Trinajstić information content (AvgIpc) is 2.54. The lowest BCUT2D eigenvalue weighted by atomic mass is 10.4. The highest BCUT2D eigenvalue weighted by molar-refractivity contribution is 7.80. The summed E-state index contributed by atoms with van der Waals surface area (Å²) >= 11 is 4.52. The summed E-state index contributed by atoms with van der Waals surface area (Å²) in [6.07, 6.45) is 0.865. The average molecular weight is 581 g/mol. The topological polar surface area (TPSA) is 46.2 Å². The maximum atomic E-state index is 7.31. The second-order valence-corrected chi connectivity index (χ2v) is 37.4. The first kappa shape index (κ1) is 31.7. The van der Waals surface area contributed by atoms with Crippen LogP contribution in [0.1, 0.15) is 6.42 Å². The Morgan fingerprint density at radius 2 is 0.970 bits per heavy atom. The Labute approximate surface area is 215 Å². The molecule has 12 heteroatoms. The van der Waals surface area contributed by atoms with Gasteiger partial charge < -0.3 is 20.6 Å². The van der Waals surface area contributed by atoms with Crippen molar-refractivity contribution in [2.24, 2.45) is 0 Å². The van der Waals surface area contributed by atoms with Gasteiger partial charge in [0.25, 0.3) is 0 Å². The van der Waals surface area contributed by atoms with Crippen LogP contribution in [0.3, 0.4) is 0 Å². The van der Waals surface area contributed by atoms with Crippen LogP contribution in [0.25, 0.3) is 0 Å². The molecule has 0 aliphatic rings. The van der Waals surface area contributed by atoms with Crippen LogP contribution in [-0.4, -0.2) is 56.6 Å². The Kier molecular flexibility index (Phi) is 11.3. The highest BCUT2D eigenvalue weighted by atomic mass is 32.1. The van der Waals surface area contributed by atoms with E-state index in [1.165, 1.54) is 0 Å². The summed E-state index contributed by atoms with van der Waals surface area (Å²) in [5, 5.41) is 0.996. The minimum Gasteiger partial charge on any atom is -0.417 e. The quantitative estimate of drug-likeness (QED) is 0.201. The summed E-state index contributed by atoms with van der Waals surface area (Å²) in [6.45, 7) is 26.4. The van der Waals surface area contributed by atoms with E-state index in [-0.39, 0.29) is 0 Å². The Balaban J connectivity index is 3.83. The van der Waals surface area contributed by atoms with Crippen molar-refractivity contribution in [3.63, 3.8) is 0 Å². The SMILES string of the molecule is C[Si](C)(C)O[Si](CCCS)(O[Si](C)(C)C)O[Si](O[Si](C)(C)C)(O[Si](C)(C)C)c1ccccc1. The fourth-order valence-electron chi connectivity index (χ4n) is 3.34. The van der Waals surface area contributed by atoms with E-state index in [9.17, 15) is 0 Å². The summed E-state index contributed by atoms with van der Waals surface area (Å²) < 4.78 is 35.2. The lowest BCUT2D eigenvalue weighted by Crippen LogP contribution is -2.71. The first-order valence-corrected chi connectivity index (χ1v) is 29.8. The first-order chi connectivity index (χ1) is 14.7. The zero-order chi connectivity index (χ0) is 25.8. The van der Waals surface area contributed by atoms with E-state index in [0.717, 1.165) is 23.4 Å². The molecule has 0 atom stereocenters. The van der Waals surface area contributed by atoms with Crippen LogP contribution < -0.4 is 5.19 Å². The summed E-state index contributed by atoms with van der Waals surface area (Å²) in [7, 11) is -14.7. The second kappa shape index (κ2) is 11.8. The molecule has 0 saturated carbocycles. The molecule has 0 heterocycles.